The molecule has 1 saturated carbocycles. The highest BCUT2D eigenvalue weighted by Crippen LogP contribution is 2.42. The molecular formula is C14H17ClO2S. The zero-order valence-corrected chi connectivity index (χ0v) is 11.8. The van der Waals surface area contributed by atoms with Crippen molar-refractivity contribution in [2.45, 2.75) is 30.6 Å². The van der Waals surface area contributed by atoms with Crippen LogP contribution in [0.15, 0.2) is 24.3 Å². The van der Waals surface area contributed by atoms with Gasteiger partial charge in [-0.25, -0.2) is 8.42 Å². The van der Waals surface area contributed by atoms with Gasteiger partial charge in [-0.15, -0.1) is 11.6 Å². The second-order valence-electron chi connectivity index (χ2n) is 5.51. The zero-order valence-electron chi connectivity index (χ0n) is 10.2. The first-order valence-corrected chi connectivity index (χ1v) is 8.75. The van der Waals surface area contributed by atoms with Crippen molar-refractivity contribution in [2.24, 2.45) is 5.92 Å². The Labute approximate surface area is 113 Å². The summed E-state index contributed by atoms with van der Waals surface area (Å²) in [4.78, 5) is 0. The second-order valence-corrected chi connectivity index (χ2v) is 8.21. The minimum atomic E-state index is -2.85. The van der Waals surface area contributed by atoms with Gasteiger partial charge in [-0.2, -0.15) is 0 Å². The second kappa shape index (κ2) is 4.53. The molecule has 0 amide bonds. The average molecular weight is 285 g/mol. The highest BCUT2D eigenvalue weighted by Gasteiger charge is 2.34. The van der Waals surface area contributed by atoms with Gasteiger partial charge in [0, 0.05) is 0 Å². The number of benzene rings is 1. The van der Waals surface area contributed by atoms with Gasteiger partial charge in [0.05, 0.1) is 16.9 Å². The fraction of sp³-hybridized carbons (Fsp3) is 0.571. The maximum atomic E-state index is 11.5. The van der Waals surface area contributed by atoms with Gasteiger partial charge < -0.3 is 0 Å². The van der Waals surface area contributed by atoms with Crippen LogP contribution >= 0.6 is 11.6 Å². The summed E-state index contributed by atoms with van der Waals surface area (Å²) in [5, 5.41) is -0.166. The molecule has 1 aromatic carbocycles. The van der Waals surface area contributed by atoms with Crippen LogP contribution in [0.2, 0.25) is 0 Å². The molecule has 1 heterocycles. The molecule has 3 rings (SSSR count). The number of hydrogen-bond donors (Lipinski definition) is 0. The zero-order chi connectivity index (χ0) is 12.8. The lowest BCUT2D eigenvalue weighted by atomic mass is 9.96. The molecule has 18 heavy (non-hydrogen) atoms. The Morgan fingerprint density at radius 3 is 2.61 bits per heavy atom. The summed E-state index contributed by atoms with van der Waals surface area (Å²) in [5.41, 5.74) is 2.45. The van der Waals surface area contributed by atoms with Crippen LogP contribution < -0.4 is 0 Å². The van der Waals surface area contributed by atoms with Crippen molar-refractivity contribution in [3.05, 3.63) is 35.4 Å². The summed E-state index contributed by atoms with van der Waals surface area (Å²) in [7, 11) is -2.85. The smallest absolute Gasteiger partial charge is 0.150 e. The van der Waals surface area contributed by atoms with Crippen LogP contribution in [0.4, 0.5) is 0 Å². The molecule has 0 spiro atoms. The fourth-order valence-corrected chi connectivity index (χ4v) is 5.02. The van der Waals surface area contributed by atoms with E-state index in [0.29, 0.717) is 18.1 Å². The molecule has 0 radical (unpaired) electrons. The number of hydrogen-bond acceptors (Lipinski definition) is 2. The van der Waals surface area contributed by atoms with Crippen LogP contribution in [0, 0.1) is 5.92 Å². The molecule has 0 bridgehead atoms. The number of sulfone groups is 1. The summed E-state index contributed by atoms with van der Waals surface area (Å²) < 4.78 is 23.0. The maximum absolute atomic E-state index is 11.5. The molecule has 0 N–H and O–H groups in total. The van der Waals surface area contributed by atoms with Crippen LogP contribution in [-0.2, 0) is 9.84 Å². The molecule has 2 atom stereocenters. The van der Waals surface area contributed by atoms with Gasteiger partial charge in [0.25, 0.3) is 0 Å². The molecule has 2 fully saturated rings. The van der Waals surface area contributed by atoms with E-state index in [4.69, 9.17) is 11.6 Å². The molecule has 1 aromatic rings. The van der Waals surface area contributed by atoms with Gasteiger partial charge in [-0.05, 0) is 42.2 Å². The lowest BCUT2D eigenvalue weighted by Crippen LogP contribution is -2.10. The minimum absolute atomic E-state index is 0.0751. The van der Waals surface area contributed by atoms with E-state index in [2.05, 4.69) is 12.1 Å². The van der Waals surface area contributed by atoms with Crippen molar-refractivity contribution < 1.29 is 8.42 Å². The number of rotatable bonds is 3. The fourth-order valence-electron chi connectivity index (χ4n) is 2.73. The lowest BCUT2D eigenvalue weighted by molar-refractivity contribution is 0.568. The van der Waals surface area contributed by atoms with Crippen LogP contribution in [0.1, 0.15) is 41.7 Å². The minimum Gasteiger partial charge on any atom is -0.229 e. The third-order valence-corrected chi connectivity index (χ3v) is 6.36. The van der Waals surface area contributed by atoms with Gasteiger partial charge in [-0.1, -0.05) is 24.3 Å². The quantitative estimate of drug-likeness (QED) is 0.798. The van der Waals surface area contributed by atoms with Gasteiger partial charge >= 0.3 is 0 Å². The molecule has 1 saturated heterocycles. The normalized spacial score (nSPS) is 28.2. The monoisotopic (exact) mass is 284 g/mol. The molecule has 98 valence electrons. The standard InChI is InChI=1S/C14H17ClO2S/c15-14(13-6-7-18(16,17)9-13)12-3-1-2-11(8-12)10-4-5-10/h1-3,8,10,13-14H,4-7,9H2. The largest absolute Gasteiger partial charge is 0.229 e. The van der Waals surface area contributed by atoms with Crippen molar-refractivity contribution in [3.63, 3.8) is 0 Å². The summed E-state index contributed by atoms with van der Waals surface area (Å²) in [6, 6.07) is 8.38. The molecule has 4 heteroatoms. The van der Waals surface area contributed by atoms with Gasteiger partial charge in [0.2, 0.25) is 0 Å². The molecule has 2 aliphatic rings. The molecular weight excluding hydrogens is 268 g/mol. The van der Waals surface area contributed by atoms with E-state index in [9.17, 15) is 8.42 Å². The van der Waals surface area contributed by atoms with Crippen LogP contribution in [0.25, 0.3) is 0 Å². The van der Waals surface area contributed by atoms with Crippen LogP contribution in [0.5, 0.6) is 0 Å². The van der Waals surface area contributed by atoms with Crippen LogP contribution in [-0.4, -0.2) is 19.9 Å². The Bertz CT molecular complexity index is 549. The summed E-state index contributed by atoms with van der Waals surface area (Å²) >= 11 is 6.47. The van der Waals surface area contributed by atoms with Crippen molar-refractivity contribution in [3.8, 4) is 0 Å². The molecule has 1 aliphatic heterocycles. The first kappa shape index (κ1) is 12.5. The molecule has 2 unspecified atom stereocenters. The van der Waals surface area contributed by atoms with Gasteiger partial charge in [0.15, 0.2) is 9.84 Å². The lowest BCUT2D eigenvalue weighted by Gasteiger charge is -2.16. The third kappa shape index (κ3) is 2.57. The van der Waals surface area contributed by atoms with Gasteiger partial charge in [0.1, 0.15) is 0 Å². The highest BCUT2D eigenvalue weighted by molar-refractivity contribution is 7.91. The Balaban J connectivity index is 1.79. The van der Waals surface area contributed by atoms with Crippen LogP contribution in [0.3, 0.4) is 0 Å². The predicted octanol–water partition coefficient (Wildman–Crippen LogP) is 3.28. The van der Waals surface area contributed by atoms with E-state index in [-0.39, 0.29) is 17.0 Å². The van der Waals surface area contributed by atoms with Crippen molar-refractivity contribution in [1.29, 1.82) is 0 Å². The average Bonchev–Trinajstić information content (AvgIpc) is 3.13. The first-order valence-electron chi connectivity index (χ1n) is 6.49. The summed E-state index contributed by atoms with van der Waals surface area (Å²) in [6.45, 7) is 0. The van der Waals surface area contributed by atoms with E-state index in [0.717, 1.165) is 5.56 Å². The Morgan fingerprint density at radius 1 is 1.22 bits per heavy atom. The third-order valence-electron chi connectivity index (χ3n) is 3.96. The Morgan fingerprint density at radius 2 is 2.00 bits per heavy atom. The number of halogens is 1. The first-order chi connectivity index (χ1) is 8.55. The van der Waals surface area contributed by atoms with Gasteiger partial charge in [-0.3, -0.25) is 0 Å². The van der Waals surface area contributed by atoms with E-state index >= 15 is 0 Å². The molecule has 1 aliphatic carbocycles. The molecule has 0 aromatic heterocycles. The summed E-state index contributed by atoms with van der Waals surface area (Å²) in [6.07, 6.45) is 3.24. The van der Waals surface area contributed by atoms with E-state index < -0.39 is 9.84 Å². The SMILES string of the molecule is O=S1(=O)CCC(C(Cl)c2cccc(C3CC3)c2)C1. The Hall–Kier alpha value is -0.540. The van der Waals surface area contributed by atoms with E-state index in [1.54, 1.807) is 0 Å². The van der Waals surface area contributed by atoms with E-state index in [1.165, 1.54) is 18.4 Å². The Kier molecular flexibility index (Phi) is 3.15. The topological polar surface area (TPSA) is 34.1 Å². The maximum Gasteiger partial charge on any atom is 0.150 e. The van der Waals surface area contributed by atoms with E-state index in [1.807, 2.05) is 12.1 Å². The van der Waals surface area contributed by atoms with Crippen molar-refractivity contribution >= 4 is 21.4 Å². The predicted molar refractivity (Wildman–Crippen MR) is 73.8 cm³/mol. The highest BCUT2D eigenvalue weighted by atomic mass is 35.5. The summed E-state index contributed by atoms with van der Waals surface area (Å²) in [5.74, 6) is 1.32. The van der Waals surface area contributed by atoms with Crippen molar-refractivity contribution in [2.75, 3.05) is 11.5 Å². The van der Waals surface area contributed by atoms with Crippen molar-refractivity contribution in [1.82, 2.24) is 0 Å². The molecule has 2 nitrogen and oxygen atoms in total. The number of alkyl halides is 1.